The minimum atomic E-state index is -0.397. The van der Waals surface area contributed by atoms with Gasteiger partial charge in [-0.2, -0.15) is 5.26 Å². The molecule has 3 rings (SSSR count). The van der Waals surface area contributed by atoms with E-state index in [0.29, 0.717) is 30.3 Å². The maximum Gasteiger partial charge on any atom is 0.262 e. The van der Waals surface area contributed by atoms with Crippen molar-refractivity contribution < 1.29 is 14.3 Å². The third kappa shape index (κ3) is 5.80. The number of carbonyl (C=O) groups excluding carboxylic acids is 1. The Morgan fingerprint density at radius 1 is 1.16 bits per heavy atom. The van der Waals surface area contributed by atoms with Crippen molar-refractivity contribution in [3.8, 4) is 17.6 Å². The Labute approximate surface area is 202 Å². The number of fused-ring (bicyclic) bond motifs is 1. The van der Waals surface area contributed by atoms with E-state index in [4.69, 9.17) is 9.47 Å². The first kappa shape index (κ1) is 23.6. The van der Waals surface area contributed by atoms with E-state index < -0.39 is 5.91 Å². The lowest BCUT2D eigenvalue weighted by Gasteiger charge is -2.16. The maximum absolute atomic E-state index is 12.3. The van der Waals surface area contributed by atoms with E-state index in [1.807, 2.05) is 51.1 Å². The predicted octanol–water partition coefficient (Wildman–Crippen LogP) is 5.85. The van der Waals surface area contributed by atoms with E-state index >= 15 is 0 Å². The van der Waals surface area contributed by atoms with Crippen LogP contribution >= 0.6 is 22.6 Å². The smallest absolute Gasteiger partial charge is 0.262 e. The Bertz CT molecular complexity index is 1190. The summed E-state index contributed by atoms with van der Waals surface area (Å²) in [5.74, 6) is 0.821. The summed E-state index contributed by atoms with van der Waals surface area (Å²) in [6.45, 7) is 6.47. The highest BCUT2D eigenvalue weighted by Crippen LogP contribution is 2.36. The summed E-state index contributed by atoms with van der Waals surface area (Å²) in [6.07, 6.45) is 1.57. The molecule has 3 aromatic rings. The van der Waals surface area contributed by atoms with Gasteiger partial charge >= 0.3 is 0 Å². The predicted molar refractivity (Wildman–Crippen MR) is 135 cm³/mol. The van der Waals surface area contributed by atoms with E-state index in [-0.39, 0.29) is 11.6 Å². The molecule has 0 spiro atoms. The second-order valence-corrected chi connectivity index (χ2v) is 8.65. The monoisotopic (exact) mass is 540 g/mol. The molecular formula is C26H25IN2O3. The van der Waals surface area contributed by atoms with Crippen molar-refractivity contribution in [3.05, 3.63) is 74.9 Å². The molecule has 1 N–H and O–H groups in total. The third-order valence-electron chi connectivity index (χ3n) is 4.68. The first-order valence-electron chi connectivity index (χ1n) is 10.4. The molecule has 5 nitrogen and oxygen atoms in total. The van der Waals surface area contributed by atoms with E-state index in [0.717, 1.165) is 19.9 Å². The lowest BCUT2D eigenvalue weighted by atomic mass is 10.1. The molecule has 0 saturated heterocycles. The minimum Gasteiger partial charge on any atom is -0.490 e. The summed E-state index contributed by atoms with van der Waals surface area (Å²) in [7, 11) is 0. The molecule has 1 amide bonds. The zero-order chi connectivity index (χ0) is 23.1. The SMILES string of the molecule is CCOc1cc(/C=C(/C#N)C(=O)NC(C)C)cc(I)c1OCc1cccc2ccccc12. The largest absolute Gasteiger partial charge is 0.490 e. The van der Waals surface area contributed by atoms with E-state index in [2.05, 4.69) is 52.2 Å². The van der Waals surface area contributed by atoms with E-state index in [9.17, 15) is 10.1 Å². The molecule has 164 valence electrons. The van der Waals surface area contributed by atoms with Crippen molar-refractivity contribution in [1.29, 1.82) is 5.26 Å². The van der Waals surface area contributed by atoms with Gasteiger partial charge in [0.2, 0.25) is 0 Å². The molecule has 0 aliphatic carbocycles. The number of carbonyl (C=O) groups is 1. The quantitative estimate of drug-likeness (QED) is 0.221. The van der Waals surface area contributed by atoms with Crippen LogP contribution in [-0.4, -0.2) is 18.6 Å². The van der Waals surface area contributed by atoms with Gasteiger partial charge in [-0.25, -0.2) is 0 Å². The van der Waals surface area contributed by atoms with Gasteiger partial charge in [0, 0.05) is 6.04 Å². The molecule has 0 saturated carbocycles. The van der Waals surface area contributed by atoms with Crippen molar-refractivity contribution in [2.45, 2.75) is 33.4 Å². The molecule has 6 heteroatoms. The van der Waals surface area contributed by atoms with Crippen LogP contribution in [0.2, 0.25) is 0 Å². The molecule has 0 aliphatic rings. The highest BCUT2D eigenvalue weighted by Gasteiger charge is 2.15. The highest BCUT2D eigenvalue weighted by atomic mass is 127. The molecule has 0 unspecified atom stereocenters. The average molecular weight is 540 g/mol. The zero-order valence-corrected chi connectivity index (χ0v) is 20.5. The van der Waals surface area contributed by atoms with Gasteiger partial charge in [-0.05, 0) is 83.5 Å². The minimum absolute atomic E-state index is 0.0429. The standard InChI is InChI=1S/C26H25IN2O3/c1-4-31-24-14-18(12-21(15-28)26(30)29-17(2)3)13-23(27)25(24)32-16-20-10-7-9-19-8-5-6-11-22(19)20/h5-14,17H,4,16H2,1-3H3,(H,29,30)/b21-12-. The number of ether oxygens (including phenoxy) is 2. The van der Waals surface area contributed by atoms with Gasteiger partial charge in [0.05, 0.1) is 10.2 Å². The van der Waals surface area contributed by atoms with Crippen LogP contribution < -0.4 is 14.8 Å². The average Bonchev–Trinajstić information content (AvgIpc) is 2.76. The van der Waals surface area contributed by atoms with Gasteiger partial charge < -0.3 is 14.8 Å². The molecule has 32 heavy (non-hydrogen) atoms. The number of nitrogens with zero attached hydrogens (tertiary/aromatic N) is 1. The fourth-order valence-electron chi connectivity index (χ4n) is 3.30. The fraction of sp³-hybridized carbons (Fsp3) is 0.231. The summed E-state index contributed by atoms with van der Waals surface area (Å²) in [4.78, 5) is 12.3. The second kappa shape index (κ2) is 11.0. The van der Waals surface area contributed by atoms with Crippen molar-refractivity contribution >= 4 is 45.3 Å². The molecule has 0 aromatic heterocycles. The van der Waals surface area contributed by atoms with E-state index in [1.165, 1.54) is 0 Å². The van der Waals surface area contributed by atoms with Crippen molar-refractivity contribution in [1.82, 2.24) is 5.32 Å². The van der Waals surface area contributed by atoms with Crippen LogP contribution in [0, 0.1) is 14.9 Å². The molecule has 0 aliphatic heterocycles. The van der Waals surface area contributed by atoms with Gasteiger partial charge in [0.25, 0.3) is 5.91 Å². The number of hydrogen-bond donors (Lipinski definition) is 1. The number of hydrogen-bond acceptors (Lipinski definition) is 4. The molecule has 0 radical (unpaired) electrons. The number of nitriles is 1. The normalized spacial score (nSPS) is 11.3. The Balaban J connectivity index is 1.91. The third-order valence-corrected chi connectivity index (χ3v) is 5.48. The molecular weight excluding hydrogens is 515 g/mol. The molecule has 0 heterocycles. The second-order valence-electron chi connectivity index (χ2n) is 7.49. The van der Waals surface area contributed by atoms with Gasteiger partial charge in [-0.3, -0.25) is 4.79 Å². The maximum atomic E-state index is 12.3. The Kier molecular flexibility index (Phi) is 8.12. The first-order valence-corrected chi connectivity index (χ1v) is 11.5. The molecule has 0 atom stereocenters. The van der Waals surface area contributed by atoms with Crippen molar-refractivity contribution in [3.63, 3.8) is 0 Å². The lowest BCUT2D eigenvalue weighted by molar-refractivity contribution is -0.117. The summed E-state index contributed by atoms with van der Waals surface area (Å²) in [5.41, 5.74) is 1.83. The first-order chi connectivity index (χ1) is 15.4. The number of benzene rings is 3. The van der Waals surface area contributed by atoms with Gasteiger partial charge in [0.1, 0.15) is 18.2 Å². The number of nitrogens with one attached hydrogen (secondary N) is 1. The van der Waals surface area contributed by atoms with Gasteiger partial charge in [0.15, 0.2) is 11.5 Å². The van der Waals surface area contributed by atoms with Crippen LogP contribution in [0.1, 0.15) is 31.9 Å². The van der Waals surface area contributed by atoms with Crippen LogP contribution in [0.4, 0.5) is 0 Å². The van der Waals surface area contributed by atoms with Crippen molar-refractivity contribution in [2.24, 2.45) is 0 Å². The number of rotatable bonds is 8. The zero-order valence-electron chi connectivity index (χ0n) is 18.3. The van der Waals surface area contributed by atoms with Gasteiger partial charge in [-0.1, -0.05) is 42.5 Å². The van der Waals surface area contributed by atoms with Crippen LogP contribution in [0.3, 0.4) is 0 Å². The Morgan fingerprint density at radius 3 is 2.62 bits per heavy atom. The topological polar surface area (TPSA) is 71.3 Å². The summed E-state index contributed by atoms with van der Waals surface area (Å²) < 4.78 is 12.9. The Morgan fingerprint density at radius 2 is 1.91 bits per heavy atom. The summed E-state index contributed by atoms with van der Waals surface area (Å²) in [6, 6.07) is 20.0. The fourth-order valence-corrected chi connectivity index (χ4v) is 4.08. The van der Waals surface area contributed by atoms with Gasteiger partial charge in [-0.15, -0.1) is 0 Å². The summed E-state index contributed by atoms with van der Waals surface area (Å²) in [5, 5.41) is 14.5. The molecule has 3 aromatic carbocycles. The van der Waals surface area contributed by atoms with Crippen LogP contribution in [-0.2, 0) is 11.4 Å². The highest BCUT2D eigenvalue weighted by molar-refractivity contribution is 14.1. The van der Waals surface area contributed by atoms with Crippen LogP contribution in [0.15, 0.2) is 60.2 Å². The molecule has 0 fully saturated rings. The molecule has 0 bridgehead atoms. The van der Waals surface area contributed by atoms with Crippen LogP contribution in [0.5, 0.6) is 11.5 Å². The number of amides is 1. The summed E-state index contributed by atoms with van der Waals surface area (Å²) >= 11 is 2.19. The Hall–Kier alpha value is -3.05. The van der Waals surface area contributed by atoms with E-state index in [1.54, 1.807) is 12.1 Å². The van der Waals surface area contributed by atoms with Crippen molar-refractivity contribution in [2.75, 3.05) is 6.61 Å². The van der Waals surface area contributed by atoms with Crippen LogP contribution in [0.25, 0.3) is 16.8 Å². The lowest BCUT2D eigenvalue weighted by Crippen LogP contribution is -2.30. The number of halogens is 1.